The Balaban J connectivity index is 2.18. The molecule has 3 N–H and O–H groups in total. The largest absolute Gasteiger partial charge is 0.459 e. The molecule has 0 saturated heterocycles. The van der Waals surface area contributed by atoms with Crippen molar-refractivity contribution in [3.63, 3.8) is 0 Å². The van der Waals surface area contributed by atoms with E-state index in [-0.39, 0.29) is 17.9 Å². The van der Waals surface area contributed by atoms with Gasteiger partial charge in [0.15, 0.2) is 0 Å². The first-order valence-electron chi connectivity index (χ1n) is 6.78. The van der Waals surface area contributed by atoms with Crippen molar-refractivity contribution in [2.45, 2.75) is 6.10 Å². The number of benzene rings is 2. The van der Waals surface area contributed by atoms with Crippen molar-refractivity contribution < 1.29 is 24.1 Å². The summed E-state index contributed by atoms with van der Waals surface area (Å²) in [4.78, 5) is 12.1. The third-order valence-electron chi connectivity index (χ3n) is 2.97. The lowest BCUT2D eigenvalue weighted by atomic mass is 10.1. The smallest absolute Gasteiger partial charge is 0.340 e. The van der Waals surface area contributed by atoms with E-state index >= 15 is 0 Å². The molecule has 2 aromatic rings. The molecule has 122 valence electrons. The molecular formula is C16H15FINO4. The van der Waals surface area contributed by atoms with Crippen LogP contribution in [0.25, 0.3) is 0 Å². The quantitative estimate of drug-likeness (QED) is 0.485. The van der Waals surface area contributed by atoms with Crippen molar-refractivity contribution in [1.82, 2.24) is 0 Å². The predicted octanol–water partition coefficient (Wildman–Crippen LogP) is 2.68. The molecule has 5 nitrogen and oxygen atoms in total. The summed E-state index contributed by atoms with van der Waals surface area (Å²) in [6.45, 7) is -0.817. The van der Waals surface area contributed by atoms with Crippen molar-refractivity contribution in [2.24, 2.45) is 0 Å². The Morgan fingerprint density at radius 2 is 2.00 bits per heavy atom. The second kappa shape index (κ2) is 8.23. The van der Waals surface area contributed by atoms with E-state index in [1.165, 1.54) is 12.1 Å². The van der Waals surface area contributed by atoms with Crippen molar-refractivity contribution in [1.29, 1.82) is 0 Å². The van der Waals surface area contributed by atoms with E-state index in [0.717, 1.165) is 3.57 Å². The number of aliphatic hydroxyl groups excluding tert-OH is 2. The number of carbonyl (C=O) groups excluding carboxylic acids is 1. The van der Waals surface area contributed by atoms with Gasteiger partial charge in [-0.2, -0.15) is 0 Å². The standard InChI is InChI=1S/C16H15FINO4/c17-13-7-10(18)5-6-15(13)19-14-4-2-1-3-12(14)16(22)23-9-11(21)8-20/h1-7,11,19-21H,8-9H2. The maximum atomic E-state index is 13.9. The summed E-state index contributed by atoms with van der Waals surface area (Å²) in [6, 6.07) is 11.2. The molecule has 0 aromatic heterocycles. The first-order chi connectivity index (χ1) is 11.0. The van der Waals surface area contributed by atoms with Gasteiger partial charge < -0.3 is 20.3 Å². The van der Waals surface area contributed by atoms with Crippen LogP contribution in [0.4, 0.5) is 15.8 Å². The van der Waals surface area contributed by atoms with Gasteiger partial charge in [-0.15, -0.1) is 0 Å². The second-order valence-electron chi connectivity index (χ2n) is 4.73. The van der Waals surface area contributed by atoms with E-state index < -0.39 is 24.5 Å². The first kappa shape index (κ1) is 17.6. The molecule has 0 spiro atoms. The van der Waals surface area contributed by atoms with Gasteiger partial charge in [0.2, 0.25) is 0 Å². The molecule has 1 atom stereocenters. The summed E-state index contributed by atoms with van der Waals surface area (Å²) in [5.74, 6) is -1.11. The monoisotopic (exact) mass is 431 g/mol. The molecule has 7 heteroatoms. The maximum Gasteiger partial charge on any atom is 0.340 e. The van der Waals surface area contributed by atoms with Gasteiger partial charge in [0.05, 0.1) is 23.5 Å². The van der Waals surface area contributed by atoms with E-state index in [1.807, 2.05) is 22.6 Å². The van der Waals surface area contributed by atoms with Gasteiger partial charge in [-0.25, -0.2) is 9.18 Å². The number of hydrogen-bond donors (Lipinski definition) is 3. The molecule has 0 aliphatic rings. The van der Waals surface area contributed by atoms with Gasteiger partial charge in [0.25, 0.3) is 0 Å². The van der Waals surface area contributed by atoms with Crippen LogP contribution in [-0.2, 0) is 4.74 Å². The highest BCUT2D eigenvalue weighted by atomic mass is 127. The molecule has 0 aliphatic heterocycles. The molecule has 2 aromatic carbocycles. The average molecular weight is 431 g/mol. The summed E-state index contributed by atoms with van der Waals surface area (Å²) in [5.41, 5.74) is 0.827. The number of ether oxygens (including phenoxy) is 1. The van der Waals surface area contributed by atoms with Crippen LogP contribution in [0.2, 0.25) is 0 Å². The lowest BCUT2D eigenvalue weighted by Crippen LogP contribution is -2.22. The third-order valence-corrected chi connectivity index (χ3v) is 3.64. The van der Waals surface area contributed by atoms with Gasteiger partial charge >= 0.3 is 5.97 Å². The minimum Gasteiger partial charge on any atom is -0.459 e. The fraction of sp³-hybridized carbons (Fsp3) is 0.188. The summed E-state index contributed by atoms with van der Waals surface area (Å²) >= 11 is 2.01. The molecule has 0 amide bonds. The number of esters is 1. The van der Waals surface area contributed by atoms with E-state index in [0.29, 0.717) is 5.69 Å². The highest BCUT2D eigenvalue weighted by Gasteiger charge is 2.15. The van der Waals surface area contributed by atoms with Crippen LogP contribution in [0.1, 0.15) is 10.4 Å². The van der Waals surface area contributed by atoms with Crippen LogP contribution < -0.4 is 5.32 Å². The van der Waals surface area contributed by atoms with E-state index in [4.69, 9.17) is 9.84 Å². The molecule has 2 rings (SSSR count). The molecular weight excluding hydrogens is 416 g/mol. The highest BCUT2D eigenvalue weighted by Crippen LogP contribution is 2.24. The Hall–Kier alpha value is -1.71. The zero-order valence-corrected chi connectivity index (χ0v) is 14.2. The second-order valence-corrected chi connectivity index (χ2v) is 5.98. The minimum absolute atomic E-state index is 0.204. The molecule has 0 bridgehead atoms. The normalized spacial score (nSPS) is 11.8. The Morgan fingerprint density at radius 3 is 2.70 bits per heavy atom. The maximum absolute atomic E-state index is 13.9. The Kier molecular flexibility index (Phi) is 6.31. The van der Waals surface area contributed by atoms with Gasteiger partial charge in [-0.3, -0.25) is 0 Å². The molecule has 1 unspecified atom stereocenters. The number of aliphatic hydroxyl groups is 2. The fourth-order valence-corrected chi connectivity index (χ4v) is 2.26. The van der Waals surface area contributed by atoms with Crippen molar-refractivity contribution in [2.75, 3.05) is 18.5 Å². The zero-order valence-electron chi connectivity index (χ0n) is 12.0. The van der Waals surface area contributed by atoms with Crippen LogP contribution in [0.3, 0.4) is 0 Å². The molecule has 0 fully saturated rings. The molecule has 0 aliphatic carbocycles. The SMILES string of the molecule is O=C(OCC(O)CO)c1ccccc1Nc1ccc(I)cc1F. The zero-order chi connectivity index (χ0) is 16.8. The van der Waals surface area contributed by atoms with E-state index in [2.05, 4.69) is 5.32 Å². The number of para-hydroxylation sites is 1. The Bertz CT molecular complexity index is 696. The van der Waals surface area contributed by atoms with E-state index in [9.17, 15) is 14.3 Å². The molecule has 0 saturated carbocycles. The Labute approximate surface area is 146 Å². The van der Waals surface area contributed by atoms with Crippen molar-refractivity contribution >= 4 is 39.9 Å². The Morgan fingerprint density at radius 1 is 1.26 bits per heavy atom. The van der Waals surface area contributed by atoms with Crippen LogP contribution in [0.5, 0.6) is 0 Å². The lowest BCUT2D eigenvalue weighted by molar-refractivity contribution is 0.00941. The van der Waals surface area contributed by atoms with Crippen LogP contribution >= 0.6 is 22.6 Å². The minimum atomic E-state index is -1.13. The highest BCUT2D eigenvalue weighted by molar-refractivity contribution is 14.1. The summed E-state index contributed by atoms with van der Waals surface area (Å²) in [6.07, 6.45) is -1.13. The fourth-order valence-electron chi connectivity index (χ4n) is 1.81. The number of hydrogen-bond acceptors (Lipinski definition) is 5. The molecule has 0 radical (unpaired) electrons. The van der Waals surface area contributed by atoms with Crippen LogP contribution in [0.15, 0.2) is 42.5 Å². The number of nitrogens with one attached hydrogen (secondary N) is 1. The molecule has 23 heavy (non-hydrogen) atoms. The van der Waals surface area contributed by atoms with Gasteiger partial charge in [0.1, 0.15) is 18.5 Å². The topological polar surface area (TPSA) is 78.8 Å². The number of halogens is 2. The lowest BCUT2D eigenvalue weighted by Gasteiger charge is -2.13. The molecule has 0 heterocycles. The van der Waals surface area contributed by atoms with Gasteiger partial charge in [0, 0.05) is 3.57 Å². The third kappa shape index (κ3) is 4.88. The van der Waals surface area contributed by atoms with Gasteiger partial charge in [-0.1, -0.05) is 12.1 Å². The number of anilines is 2. The summed E-state index contributed by atoms with van der Waals surface area (Å²) in [5, 5.41) is 20.8. The number of rotatable bonds is 6. The predicted molar refractivity (Wildman–Crippen MR) is 92.2 cm³/mol. The van der Waals surface area contributed by atoms with E-state index in [1.54, 1.807) is 30.3 Å². The summed E-state index contributed by atoms with van der Waals surface area (Å²) in [7, 11) is 0. The average Bonchev–Trinajstić information content (AvgIpc) is 2.55. The van der Waals surface area contributed by atoms with Crippen LogP contribution in [-0.4, -0.2) is 35.5 Å². The summed E-state index contributed by atoms with van der Waals surface area (Å²) < 4.78 is 19.6. The van der Waals surface area contributed by atoms with Gasteiger partial charge in [-0.05, 0) is 52.9 Å². The van der Waals surface area contributed by atoms with Crippen molar-refractivity contribution in [3.05, 3.63) is 57.4 Å². The first-order valence-corrected chi connectivity index (χ1v) is 7.86. The number of carbonyl (C=O) groups is 1. The van der Waals surface area contributed by atoms with Crippen molar-refractivity contribution in [3.8, 4) is 0 Å². The van der Waals surface area contributed by atoms with Crippen LogP contribution in [0, 0.1) is 9.39 Å².